The molecule has 4 nitrogen and oxygen atoms in total. The van der Waals surface area contributed by atoms with Gasteiger partial charge in [0.05, 0.1) is 17.9 Å². The van der Waals surface area contributed by atoms with Gasteiger partial charge in [-0.2, -0.15) is 0 Å². The van der Waals surface area contributed by atoms with Crippen molar-refractivity contribution in [1.29, 1.82) is 0 Å². The van der Waals surface area contributed by atoms with Crippen LogP contribution >= 0.6 is 0 Å². The first-order valence-corrected chi connectivity index (χ1v) is 7.13. The lowest BCUT2D eigenvalue weighted by Crippen LogP contribution is -2.26. The van der Waals surface area contributed by atoms with E-state index in [0.717, 1.165) is 18.9 Å². The van der Waals surface area contributed by atoms with Gasteiger partial charge >= 0.3 is 0 Å². The van der Waals surface area contributed by atoms with Crippen LogP contribution in [0.1, 0.15) is 54.6 Å². The van der Waals surface area contributed by atoms with Crippen molar-refractivity contribution >= 4 is 5.91 Å². The molecule has 0 atom stereocenters. The van der Waals surface area contributed by atoms with Gasteiger partial charge < -0.3 is 10.4 Å². The zero-order valence-electron chi connectivity index (χ0n) is 11.3. The first-order chi connectivity index (χ1) is 9.29. The summed E-state index contributed by atoms with van der Waals surface area (Å²) in [6.07, 6.45) is 9.25. The molecule has 2 rings (SSSR count). The summed E-state index contributed by atoms with van der Waals surface area (Å²) in [7, 11) is 0. The number of carbonyl (C=O) groups is 1. The van der Waals surface area contributed by atoms with Gasteiger partial charge in [0.1, 0.15) is 0 Å². The fraction of sp³-hybridized carbons (Fsp3) is 0.600. The normalized spacial score (nSPS) is 16.3. The number of nitrogens with zero attached hydrogens (tertiary/aromatic N) is 1. The van der Waals surface area contributed by atoms with Crippen molar-refractivity contribution in [2.24, 2.45) is 5.92 Å². The summed E-state index contributed by atoms with van der Waals surface area (Å²) in [6.45, 7) is 0.648. The van der Waals surface area contributed by atoms with Gasteiger partial charge in [0.25, 0.3) is 5.91 Å². The van der Waals surface area contributed by atoms with Crippen molar-refractivity contribution in [3.05, 3.63) is 29.6 Å². The van der Waals surface area contributed by atoms with Gasteiger partial charge in [-0.15, -0.1) is 0 Å². The number of hydrogen-bond acceptors (Lipinski definition) is 3. The molecule has 0 unspecified atom stereocenters. The fourth-order valence-electron chi connectivity index (χ4n) is 2.62. The van der Waals surface area contributed by atoms with Crippen LogP contribution in [0, 0.1) is 5.92 Å². The quantitative estimate of drug-likeness (QED) is 0.855. The van der Waals surface area contributed by atoms with Gasteiger partial charge in [-0.05, 0) is 24.5 Å². The van der Waals surface area contributed by atoms with E-state index in [1.54, 1.807) is 12.1 Å². The number of nitrogens with one attached hydrogen (secondary N) is 1. The topological polar surface area (TPSA) is 62.2 Å². The number of amides is 1. The Morgan fingerprint density at radius 1 is 1.32 bits per heavy atom. The SMILES string of the molecule is O=C(NCCC1CCCCC1)c1ccc(CO)nc1. The molecule has 1 aliphatic rings. The monoisotopic (exact) mass is 262 g/mol. The van der Waals surface area contributed by atoms with E-state index in [4.69, 9.17) is 5.11 Å². The average molecular weight is 262 g/mol. The molecular formula is C15H22N2O2. The minimum atomic E-state index is -0.0937. The van der Waals surface area contributed by atoms with Crippen molar-refractivity contribution in [3.63, 3.8) is 0 Å². The third-order valence-corrected chi connectivity index (χ3v) is 3.81. The summed E-state index contributed by atoms with van der Waals surface area (Å²) < 4.78 is 0. The van der Waals surface area contributed by atoms with Crippen LogP contribution in [0.3, 0.4) is 0 Å². The van der Waals surface area contributed by atoms with Crippen LogP contribution in [-0.4, -0.2) is 22.5 Å². The van der Waals surface area contributed by atoms with Crippen LogP contribution in [0.25, 0.3) is 0 Å². The predicted molar refractivity (Wildman–Crippen MR) is 73.7 cm³/mol. The molecule has 0 aliphatic heterocycles. The van der Waals surface area contributed by atoms with Gasteiger partial charge in [0.15, 0.2) is 0 Å². The van der Waals surface area contributed by atoms with E-state index in [9.17, 15) is 4.79 Å². The van der Waals surface area contributed by atoms with Crippen molar-refractivity contribution < 1.29 is 9.90 Å². The van der Waals surface area contributed by atoms with Crippen LogP contribution in [-0.2, 0) is 6.61 Å². The second kappa shape index (κ2) is 7.24. The van der Waals surface area contributed by atoms with Gasteiger partial charge in [-0.25, -0.2) is 0 Å². The molecule has 1 heterocycles. The molecule has 104 valence electrons. The molecule has 1 aliphatic carbocycles. The molecule has 1 aromatic heterocycles. The third kappa shape index (κ3) is 4.31. The fourth-order valence-corrected chi connectivity index (χ4v) is 2.62. The Labute approximate surface area is 114 Å². The minimum absolute atomic E-state index is 0.0761. The van der Waals surface area contributed by atoms with Gasteiger partial charge in [-0.1, -0.05) is 32.1 Å². The van der Waals surface area contributed by atoms with E-state index >= 15 is 0 Å². The standard InChI is InChI=1S/C15H22N2O2/c18-11-14-7-6-13(10-17-14)15(19)16-9-8-12-4-2-1-3-5-12/h6-7,10,12,18H,1-5,8-9,11H2,(H,16,19). The number of pyridine rings is 1. The number of rotatable bonds is 5. The molecule has 1 aromatic rings. The molecule has 2 N–H and O–H groups in total. The van der Waals surface area contributed by atoms with Gasteiger partial charge in [-0.3, -0.25) is 9.78 Å². The molecule has 1 saturated carbocycles. The number of aromatic nitrogens is 1. The van der Waals surface area contributed by atoms with E-state index < -0.39 is 0 Å². The van der Waals surface area contributed by atoms with Crippen molar-refractivity contribution in [2.75, 3.05) is 6.54 Å². The van der Waals surface area contributed by atoms with Crippen LogP contribution in [0.5, 0.6) is 0 Å². The first kappa shape index (κ1) is 14.0. The Bertz CT molecular complexity index is 397. The Morgan fingerprint density at radius 3 is 2.74 bits per heavy atom. The molecule has 0 radical (unpaired) electrons. The summed E-state index contributed by atoms with van der Waals surface area (Å²) in [6, 6.07) is 3.38. The second-order valence-electron chi connectivity index (χ2n) is 5.24. The summed E-state index contributed by atoms with van der Waals surface area (Å²) in [5.74, 6) is 0.705. The smallest absolute Gasteiger partial charge is 0.252 e. The molecule has 0 saturated heterocycles. The molecule has 0 aromatic carbocycles. The van der Waals surface area contributed by atoms with E-state index in [-0.39, 0.29) is 12.5 Å². The number of aliphatic hydroxyl groups is 1. The highest BCUT2D eigenvalue weighted by atomic mass is 16.3. The maximum Gasteiger partial charge on any atom is 0.252 e. The minimum Gasteiger partial charge on any atom is -0.390 e. The maximum atomic E-state index is 11.9. The molecule has 4 heteroatoms. The van der Waals surface area contributed by atoms with Crippen LogP contribution in [0.4, 0.5) is 0 Å². The summed E-state index contributed by atoms with van der Waals surface area (Å²) in [5.41, 5.74) is 1.14. The van der Waals surface area contributed by atoms with Crippen molar-refractivity contribution in [2.45, 2.75) is 45.1 Å². The van der Waals surface area contributed by atoms with E-state index in [1.165, 1.54) is 38.3 Å². The van der Waals surface area contributed by atoms with E-state index in [0.29, 0.717) is 11.3 Å². The van der Waals surface area contributed by atoms with Crippen molar-refractivity contribution in [3.8, 4) is 0 Å². The number of carbonyl (C=O) groups excluding carboxylic acids is 1. The highest BCUT2D eigenvalue weighted by Gasteiger charge is 2.13. The lowest BCUT2D eigenvalue weighted by atomic mass is 9.87. The number of hydrogen-bond donors (Lipinski definition) is 2. The van der Waals surface area contributed by atoms with Crippen LogP contribution in [0.2, 0.25) is 0 Å². The van der Waals surface area contributed by atoms with Crippen LogP contribution in [0.15, 0.2) is 18.3 Å². The van der Waals surface area contributed by atoms with Gasteiger partial charge in [0.2, 0.25) is 0 Å². The lowest BCUT2D eigenvalue weighted by Gasteiger charge is -2.21. The number of aliphatic hydroxyl groups excluding tert-OH is 1. The zero-order chi connectivity index (χ0) is 13.5. The molecule has 19 heavy (non-hydrogen) atoms. The zero-order valence-corrected chi connectivity index (χ0v) is 11.3. The molecule has 1 amide bonds. The van der Waals surface area contributed by atoms with Crippen LogP contribution < -0.4 is 5.32 Å². The van der Waals surface area contributed by atoms with Gasteiger partial charge in [0, 0.05) is 12.7 Å². The van der Waals surface area contributed by atoms with Crippen molar-refractivity contribution in [1.82, 2.24) is 10.3 Å². The Hall–Kier alpha value is -1.42. The summed E-state index contributed by atoms with van der Waals surface area (Å²) in [5, 5.41) is 11.8. The second-order valence-corrected chi connectivity index (χ2v) is 5.24. The lowest BCUT2D eigenvalue weighted by molar-refractivity contribution is 0.0950. The summed E-state index contributed by atoms with van der Waals surface area (Å²) >= 11 is 0. The molecular weight excluding hydrogens is 240 g/mol. The summed E-state index contributed by atoms with van der Waals surface area (Å²) in [4.78, 5) is 15.9. The van der Waals surface area contributed by atoms with E-state index in [1.807, 2.05) is 0 Å². The highest BCUT2D eigenvalue weighted by Crippen LogP contribution is 2.25. The largest absolute Gasteiger partial charge is 0.390 e. The Morgan fingerprint density at radius 2 is 2.11 bits per heavy atom. The Balaban J connectivity index is 1.73. The first-order valence-electron chi connectivity index (χ1n) is 7.13. The predicted octanol–water partition coefficient (Wildman–Crippen LogP) is 2.27. The maximum absolute atomic E-state index is 11.9. The van der Waals surface area contributed by atoms with E-state index in [2.05, 4.69) is 10.3 Å². The average Bonchev–Trinajstić information content (AvgIpc) is 2.48. The molecule has 1 fully saturated rings. The Kier molecular flexibility index (Phi) is 5.33. The third-order valence-electron chi connectivity index (χ3n) is 3.81. The highest BCUT2D eigenvalue weighted by molar-refractivity contribution is 5.93. The molecule has 0 spiro atoms. The molecule has 0 bridgehead atoms.